The summed E-state index contributed by atoms with van der Waals surface area (Å²) >= 11 is 0. The van der Waals surface area contributed by atoms with Gasteiger partial charge < -0.3 is 10.1 Å². The van der Waals surface area contributed by atoms with Crippen LogP contribution < -0.4 is 10.1 Å². The second-order valence-corrected chi connectivity index (χ2v) is 6.91. The van der Waals surface area contributed by atoms with E-state index in [1.165, 1.54) is 11.6 Å². The molecule has 0 aliphatic carbocycles. The maximum Gasteiger partial charge on any atom is 0.247 e. The Bertz CT molecular complexity index is 1200. The molecule has 150 valence electrons. The van der Waals surface area contributed by atoms with Crippen molar-refractivity contribution in [3.63, 3.8) is 0 Å². The van der Waals surface area contributed by atoms with Gasteiger partial charge in [-0.25, -0.2) is 4.98 Å². The van der Waals surface area contributed by atoms with Crippen LogP contribution in [0.4, 0.5) is 5.69 Å². The number of fused-ring (bicyclic) bond motifs is 1. The van der Waals surface area contributed by atoms with Gasteiger partial charge in [0.2, 0.25) is 5.91 Å². The average Bonchev–Trinajstić information content (AvgIpc) is 3.20. The molecule has 0 aliphatic heterocycles. The SMILES string of the molecule is C=CC(=O)Nc1cccc(-c2cnc3[nH]nc(CCc4ccc(OC)cc4)c3c2)c1. The second-order valence-electron chi connectivity index (χ2n) is 6.91. The lowest BCUT2D eigenvalue weighted by Crippen LogP contribution is -2.06. The Morgan fingerprint density at radius 2 is 1.97 bits per heavy atom. The summed E-state index contributed by atoms with van der Waals surface area (Å²) in [5.41, 5.74) is 5.61. The largest absolute Gasteiger partial charge is 0.497 e. The number of ether oxygens (including phenoxy) is 1. The summed E-state index contributed by atoms with van der Waals surface area (Å²) < 4.78 is 5.21. The molecule has 6 nitrogen and oxygen atoms in total. The lowest BCUT2D eigenvalue weighted by molar-refractivity contribution is -0.111. The molecular weight excluding hydrogens is 376 g/mol. The number of carbonyl (C=O) groups excluding carboxylic acids is 1. The van der Waals surface area contributed by atoms with E-state index in [-0.39, 0.29) is 5.91 Å². The number of nitrogens with one attached hydrogen (secondary N) is 2. The fourth-order valence-corrected chi connectivity index (χ4v) is 3.33. The molecule has 4 rings (SSSR count). The Kier molecular flexibility index (Phi) is 5.57. The Hall–Kier alpha value is -3.93. The van der Waals surface area contributed by atoms with Crippen molar-refractivity contribution in [3.8, 4) is 16.9 Å². The minimum Gasteiger partial charge on any atom is -0.497 e. The predicted molar refractivity (Wildman–Crippen MR) is 119 cm³/mol. The first-order valence-electron chi connectivity index (χ1n) is 9.66. The minimum absolute atomic E-state index is 0.239. The molecule has 1 amide bonds. The minimum atomic E-state index is -0.239. The molecule has 6 heteroatoms. The number of hydrogen-bond acceptors (Lipinski definition) is 4. The van der Waals surface area contributed by atoms with Gasteiger partial charge in [0, 0.05) is 22.8 Å². The van der Waals surface area contributed by atoms with E-state index in [1.54, 1.807) is 7.11 Å². The molecule has 2 N–H and O–H groups in total. The summed E-state index contributed by atoms with van der Waals surface area (Å²) in [7, 11) is 1.67. The van der Waals surface area contributed by atoms with Crippen molar-refractivity contribution in [3.05, 3.63) is 84.7 Å². The molecular formula is C24H22N4O2. The smallest absolute Gasteiger partial charge is 0.247 e. The molecule has 2 aromatic heterocycles. The normalized spacial score (nSPS) is 10.7. The molecule has 4 aromatic rings. The lowest BCUT2D eigenvalue weighted by atomic mass is 10.0. The highest BCUT2D eigenvalue weighted by atomic mass is 16.5. The van der Waals surface area contributed by atoms with Crippen molar-refractivity contribution in [2.45, 2.75) is 12.8 Å². The molecule has 0 bridgehead atoms. The van der Waals surface area contributed by atoms with E-state index in [2.05, 4.69) is 45.3 Å². The van der Waals surface area contributed by atoms with Crippen LogP contribution in [0.1, 0.15) is 11.3 Å². The monoisotopic (exact) mass is 398 g/mol. The molecule has 0 spiro atoms. The molecule has 0 atom stereocenters. The molecule has 0 fully saturated rings. The standard InChI is InChI=1S/C24H22N4O2/c1-3-23(29)26-19-6-4-5-17(13-19)18-14-21-22(27-28-24(21)25-15-18)12-9-16-7-10-20(30-2)11-8-16/h3-8,10-11,13-15H,1,9,12H2,2H3,(H,26,29)(H,25,27,28). The molecule has 0 radical (unpaired) electrons. The van der Waals surface area contributed by atoms with E-state index in [0.29, 0.717) is 5.69 Å². The maximum absolute atomic E-state index is 11.6. The molecule has 30 heavy (non-hydrogen) atoms. The van der Waals surface area contributed by atoms with Gasteiger partial charge in [-0.1, -0.05) is 30.8 Å². The van der Waals surface area contributed by atoms with E-state index in [9.17, 15) is 4.79 Å². The first kappa shape index (κ1) is 19.4. The highest BCUT2D eigenvalue weighted by Gasteiger charge is 2.10. The van der Waals surface area contributed by atoms with Crippen LogP contribution in [0.15, 0.2) is 73.4 Å². The van der Waals surface area contributed by atoms with Crippen molar-refractivity contribution < 1.29 is 9.53 Å². The fourth-order valence-electron chi connectivity index (χ4n) is 3.33. The van der Waals surface area contributed by atoms with Crippen LogP contribution in [0.3, 0.4) is 0 Å². The summed E-state index contributed by atoms with van der Waals surface area (Å²) in [6.45, 7) is 3.48. The number of H-pyrrole nitrogens is 1. The van der Waals surface area contributed by atoms with Gasteiger partial charge in [0.25, 0.3) is 0 Å². The number of hydrogen-bond donors (Lipinski definition) is 2. The number of rotatable bonds is 7. The predicted octanol–water partition coefficient (Wildman–Crippen LogP) is 4.54. The van der Waals surface area contributed by atoms with E-state index in [1.807, 2.05) is 42.6 Å². The quantitative estimate of drug-likeness (QED) is 0.448. The van der Waals surface area contributed by atoms with Crippen molar-refractivity contribution in [1.29, 1.82) is 0 Å². The topological polar surface area (TPSA) is 79.9 Å². The van der Waals surface area contributed by atoms with Gasteiger partial charge in [0.15, 0.2) is 5.65 Å². The molecule has 2 heterocycles. The van der Waals surface area contributed by atoms with Gasteiger partial charge in [-0.05, 0) is 60.4 Å². The zero-order chi connectivity index (χ0) is 20.9. The van der Waals surface area contributed by atoms with Crippen molar-refractivity contribution >= 4 is 22.6 Å². The number of nitrogens with zero attached hydrogens (tertiary/aromatic N) is 2. The Labute approximate surface area is 174 Å². The number of aromatic nitrogens is 3. The number of pyridine rings is 1. The highest BCUT2D eigenvalue weighted by molar-refractivity contribution is 5.99. The number of amides is 1. The highest BCUT2D eigenvalue weighted by Crippen LogP contribution is 2.26. The Balaban J connectivity index is 1.57. The van der Waals surface area contributed by atoms with Crippen LogP contribution in [-0.2, 0) is 17.6 Å². The number of methoxy groups -OCH3 is 1. The third-order valence-electron chi connectivity index (χ3n) is 4.95. The van der Waals surface area contributed by atoms with Gasteiger partial charge in [0.05, 0.1) is 12.8 Å². The molecule has 2 aromatic carbocycles. The average molecular weight is 398 g/mol. The van der Waals surface area contributed by atoms with Crippen LogP contribution in [0.2, 0.25) is 0 Å². The zero-order valence-electron chi connectivity index (χ0n) is 16.7. The molecule has 0 unspecified atom stereocenters. The summed E-state index contributed by atoms with van der Waals surface area (Å²) in [5, 5.41) is 11.3. The fraction of sp³-hybridized carbons (Fsp3) is 0.125. The van der Waals surface area contributed by atoms with Crippen LogP contribution in [0.25, 0.3) is 22.2 Å². The van der Waals surface area contributed by atoms with E-state index in [0.717, 1.165) is 46.4 Å². The Morgan fingerprint density at radius 3 is 2.73 bits per heavy atom. The van der Waals surface area contributed by atoms with Gasteiger partial charge in [0.1, 0.15) is 5.75 Å². The van der Waals surface area contributed by atoms with Crippen molar-refractivity contribution in [2.24, 2.45) is 0 Å². The maximum atomic E-state index is 11.6. The summed E-state index contributed by atoms with van der Waals surface area (Å²) in [6.07, 6.45) is 4.73. The third kappa shape index (κ3) is 4.22. The van der Waals surface area contributed by atoms with Crippen LogP contribution >= 0.6 is 0 Å². The van der Waals surface area contributed by atoms with E-state index < -0.39 is 0 Å². The van der Waals surface area contributed by atoms with E-state index in [4.69, 9.17) is 4.74 Å². The number of aryl methyl sites for hydroxylation is 2. The van der Waals surface area contributed by atoms with Crippen LogP contribution in [0.5, 0.6) is 5.75 Å². The van der Waals surface area contributed by atoms with Gasteiger partial charge in [-0.15, -0.1) is 0 Å². The summed E-state index contributed by atoms with van der Waals surface area (Å²) in [6, 6.07) is 17.8. The van der Waals surface area contributed by atoms with Crippen molar-refractivity contribution in [2.75, 3.05) is 12.4 Å². The first-order valence-corrected chi connectivity index (χ1v) is 9.66. The van der Waals surface area contributed by atoms with Gasteiger partial charge in [-0.3, -0.25) is 9.89 Å². The first-order chi connectivity index (χ1) is 14.7. The Morgan fingerprint density at radius 1 is 1.13 bits per heavy atom. The molecule has 0 saturated heterocycles. The summed E-state index contributed by atoms with van der Waals surface area (Å²) in [4.78, 5) is 16.1. The van der Waals surface area contributed by atoms with E-state index >= 15 is 0 Å². The number of aromatic amines is 1. The number of benzene rings is 2. The zero-order valence-corrected chi connectivity index (χ0v) is 16.7. The third-order valence-corrected chi connectivity index (χ3v) is 4.95. The summed E-state index contributed by atoms with van der Waals surface area (Å²) in [5.74, 6) is 0.612. The lowest BCUT2D eigenvalue weighted by Gasteiger charge is -2.07. The van der Waals surface area contributed by atoms with Gasteiger partial charge >= 0.3 is 0 Å². The van der Waals surface area contributed by atoms with Gasteiger partial charge in [-0.2, -0.15) is 5.10 Å². The van der Waals surface area contributed by atoms with Crippen LogP contribution in [0, 0.1) is 0 Å². The number of carbonyl (C=O) groups is 1. The molecule has 0 aliphatic rings. The number of anilines is 1. The molecule has 0 saturated carbocycles. The van der Waals surface area contributed by atoms with Crippen molar-refractivity contribution in [1.82, 2.24) is 15.2 Å². The second kappa shape index (κ2) is 8.61. The van der Waals surface area contributed by atoms with Crippen LogP contribution in [-0.4, -0.2) is 28.2 Å².